The fourth-order valence-electron chi connectivity index (χ4n) is 1.66. The Morgan fingerprint density at radius 2 is 2.12 bits per heavy atom. The van der Waals surface area contributed by atoms with Crippen LogP contribution in [-0.2, 0) is 4.79 Å². The van der Waals surface area contributed by atoms with E-state index >= 15 is 0 Å². The number of carbonyl (C=O) groups is 1. The van der Waals surface area contributed by atoms with Crippen molar-refractivity contribution in [2.45, 2.75) is 19.4 Å². The van der Waals surface area contributed by atoms with Crippen molar-refractivity contribution in [1.82, 2.24) is 4.90 Å². The third-order valence-corrected chi connectivity index (χ3v) is 2.75. The fourth-order valence-corrected chi connectivity index (χ4v) is 1.78. The minimum atomic E-state index is -0.531. The number of halogens is 1. The predicted molar refractivity (Wildman–Crippen MR) is 67.5 cm³/mol. The zero-order valence-electron chi connectivity index (χ0n) is 9.77. The van der Waals surface area contributed by atoms with Gasteiger partial charge in [0.25, 0.3) is 0 Å². The number of amides is 1. The van der Waals surface area contributed by atoms with E-state index in [2.05, 4.69) is 6.07 Å². The van der Waals surface area contributed by atoms with Crippen LogP contribution in [0.5, 0.6) is 0 Å². The first-order valence-electron chi connectivity index (χ1n) is 5.48. The first-order chi connectivity index (χ1) is 8.20. The Kier molecular flexibility index (Phi) is 5.51. The average molecular weight is 251 g/mol. The van der Waals surface area contributed by atoms with E-state index < -0.39 is 6.04 Å². The lowest BCUT2D eigenvalue weighted by Gasteiger charge is -2.26. The van der Waals surface area contributed by atoms with Crippen molar-refractivity contribution in [3.63, 3.8) is 0 Å². The van der Waals surface area contributed by atoms with Crippen molar-refractivity contribution in [3.8, 4) is 6.07 Å². The summed E-state index contributed by atoms with van der Waals surface area (Å²) < 4.78 is 0. The van der Waals surface area contributed by atoms with Crippen molar-refractivity contribution in [2.75, 3.05) is 12.4 Å². The van der Waals surface area contributed by atoms with Crippen LogP contribution >= 0.6 is 11.6 Å². The molecule has 0 saturated carbocycles. The Morgan fingerprint density at radius 1 is 1.47 bits per heavy atom. The monoisotopic (exact) mass is 250 g/mol. The van der Waals surface area contributed by atoms with Crippen molar-refractivity contribution >= 4 is 17.5 Å². The van der Waals surface area contributed by atoms with Gasteiger partial charge in [-0.1, -0.05) is 30.3 Å². The molecule has 1 atom stereocenters. The zero-order chi connectivity index (χ0) is 12.7. The predicted octanol–water partition coefficient (Wildman–Crippen LogP) is 2.73. The van der Waals surface area contributed by atoms with E-state index in [1.54, 1.807) is 4.90 Å². The van der Waals surface area contributed by atoms with Crippen molar-refractivity contribution in [1.29, 1.82) is 5.26 Å². The van der Waals surface area contributed by atoms with E-state index in [0.29, 0.717) is 18.8 Å². The second-order valence-corrected chi connectivity index (χ2v) is 4.08. The van der Waals surface area contributed by atoms with Crippen LogP contribution in [0.2, 0.25) is 0 Å². The first kappa shape index (κ1) is 13.5. The van der Waals surface area contributed by atoms with E-state index in [1.165, 1.54) is 6.92 Å². The molecular formula is C13H15ClN2O. The summed E-state index contributed by atoms with van der Waals surface area (Å²) in [4.78, 5) is 13.1. The van der Waals surface area contributed by atoms with Crippen LogP contribution in [0.15, 0.2) is 30.3 Å². The van der Waals surface area contributed by atoms with Crippen LogP contribution in [-0.4, -0.2) is 23.2 Å². The molecule has 0 bridgehead atoms. The van der Waals surface area contributed by atoms with Crippen LogP contribution in [0.4, 0.5) is 0 Å². The smallest absolute Gasteiger partial charge is 0.220 e. The molecule has 0 aliphatic rings. The van der Waals surface area contributed by atoms with Crippen LogP contribution in [0.3, 0.4) is 0 Å². The summed E-state index contributed by atoms with van der Waals surface area (Å²) in [6.45, 7) is 1.98. The molecule has 0 N–H and O–H groups in total. The quantitative estimate of drug-likeness (QED) is 0.755. The minimum Gasteiger partial charge on any atom is -0.323 e. The van der Waals surface area contributed by atoms with Gasteiger partial charge in [0.1, 0.15) is 6.04 Å². The number of benzene rings is 1. The third-order valence-electron chi connectivity index (χ3n) is 2.49. The van der Waals surface area contributed by atoms with Crippen molar-refractivity contribution < 1.29 is 4.79 Å². The minimum absolute atomic E-state index is 0.106. The SMILES string of the molecule is CC(=O)N(CCCCl)[C@@H](C#N)c1ccccc1. The van der Waals surface area contributed by atoms with Crippen molar-refractivity contribution in [2.24, 2.45) is 0 Å². The summed E-state index contributed by atoms with van der Waals surface area (Å²) in [6.07, 6.45) is 0.687. The highest BCUT2D eigenvalue weighted by Crippen LogP contribution is 2.20. The number of carbonyl (C=O) groups excluding carboxylic acids is 1. The van der Waals surface area contributed by atoms with Gasteiger partial charge >= 0.3 is 0 Å². The molecule has 17 heavy (non-hydrogen) atoms. The number of hydrogen-bond donors (Lipinski definition) is 0. The lowest BCUT2D eigenvalue weighted by Crippen LogP contribution is -2.33. The maximum absolute atomic E-state index is 11.6. The van der Waals surface area contributed by atoms with Gasteiger partial charge in [-0.3, -0.25) is 4.79 Å². The Labute approximate surface area is 107 Å². The van der Waals surface area contributed by atoms with Gasteiger partial charge in [-0.05, 0) is 12.0 Å². The molecule has 0 aliphatic heterocycles. The van der Waals surface area contributed by atoms with E-state index in [1.807, 2.05) is 30.3 Å². The normalized spacial score (nSPS) is 11.6. The first-order valence-corrected chi connectivity index (χ1v) is 6.02. The molecule has 1 rings (SSSR count). The van der Waals surface area contributed by atoms with Gasteiger partial charge in [0, 0.05) is 19.3 Å². The van der Waals surface area contributed by atoms with Gasteiger partial charge in [0.15, 0.2) is 0 Å². The third kappa shape index (κ3) is 3.76. The second kappa shape index (κ2) is 6.93. The summed E-state index contributed by atoms with van der Waals surface area (Å²) >= 11 is 5.62. The molecule has 1 amide bonds. The van der Waals surface area contributed by atoms with E-state index in [9.17, 15) is 10.1 Å². The highest BCUT2D eigenvalue weighted by Gasteiger charge is 2.21. The number of rotatable bonds is 5. The molecular weight excluding hydrogens is 236 g/mol. The molecule has 0 radical (unpaired) electrons. The van der Waals surface area contributed by atoms with E-state index in [0.717, 1.165) is 5.56 Å². The lowest BCUT2D eigenvalue weighted by molar-refractivity contribution is -0.130. The molecule has 0 saturated heterocycles. The number of hydrogen-bond acceptors (Lipinski definition) is 2. The van der Waals surface area contributed by atoms with Crippen LogP contribution in [0.1, 0.15) is 24.9 Å². The van der Waals surface area contributed by atoms with Gasteiger partial charge in [0.05, 0.1) is 6.07 Å². The van der Waals surface area contributed by atoms with Gasteiger partial charge in [0.2, 0.25) is 5.91 Å². The Balaban J connectivity index is 2.90. The molecule has 1 aromatic rings. The highest BCUT2D eigenvalue weighted by atomic mass is 35.5. The van der Waals surface area contributed by atoms with Gasteiger partial charge in [-0.25, -0.2) is 0 Å². The average Bonchev–Trinajstić information content (AvgIpc) is 2.35. The Hall–Kier alpha value is -1.53. The summed E-state index contributed by atoms with van der Waals surface area (Å²) in [5.41, 5.74) is 0.833. The Morgan fingerprint density at radius 3 is 2.59 bits per heavy atom. The molecule has 3 nitrogen and oxygen atoms in total. The van der Waals surface area contributed by atoms with Crippen LogP contribution in [0, 0.1) is 11.3 Å². The molecule has 0 aliphatic carbocycles. The van der Waals surface area contributed by atoms with Gasteiger partial charge < -0.3 is 4.90 Å². The summed E-state index contributed by atoms with van der Waals surface area (Å²) in [5.74, 6) is 0.377. The summed E-state index contributed by atoms with van der Waals surface area (Å²) in [5, 5.41) is 9.22. The number of alkyl halides is 1. The standard InChI is InChI=1S/C13H15ClN2O/c1-11(17)16(9-5-8-14)13(10-15)12-6-3-2-4-7-12/h2-4,6-7,13H,5,8-9H2,1H3/t13-/m0/s1. The molecule has 0 unspecified atom stereocenters. The molecule has 1 aromatic carbocycles. The zero-order valence-corrected chi connectivity index (χ0v) is 10.5. The molecule has 90 valence electrons. The molecule has 0 fully saturated rings. The maximum atomic E-state index is 11.6. The van der Waals surface area contributed by atoms with Crippen LogP contribution in [0.25, 0.3) is 0 Å². The topological polar surface area (TPSA) is 44.1 Å². The lowest BCUT2D eigenvalue weighted by atomic mass is 10.1. The number of nitriles is 1. The molecule has 0 aromatic heterocycles. The van der Waals surface area contributed by atoms with Crippen LogP contribution < -0.4 is 0 Å². The summed E-state index contributed by atoms with van der Waals surface area (Å²) in [7, 11) is 0. The van der Waals surface area contributed by atoms with E-state index in [4.69, 9.17) is 11.6 Å². The molecule has 0 heterocycles. The van der Waals surface area contributed by atoms with Gasteiger partial charge in [-0.2, -0.15) is 5.26 Å². The molecule has 0 spiro atoms. The largest absolute Gasteiger partial charge is 0.323 e. The maximum Gasteiger partial charge on any atom is 0.220 e. The fraction of sp³-hybridized carbons (Fsp3) is 0.385. The second-order valence-electron chi connectivity index (χ2n) is 3.70. The molecule has 4 heteroatoms. The van der Waals surface area contributed by atoms with Gasteiger partial charge in [-0.15, -0.1) is 11.6 Å². The highest BCUT2D eigenvalue weighted by molar-refractivity contribution is 6.17. The van der Waals surface area contributed by atoms with E-state index in [-0.39, 0.29) is 5.91 Å². The van der Waals surface area contributed by atoms with Crippen molar-refractivity contribution in [3.05, 3.63) is 35.9 Å². The summed E-state index contributed by atoms with van der Waals surface area (Å²) in [6, 6.07) is 10.9. The number of nitrogens with zero attached hydrogens (tertiary/aromatic N) is 2. The Bertz CT molecular complexity index is 400.